The Morgan fingerprint density at radius 1 is 1.22 bits per heavy atom. The Kier molecular flexibility index (Phi) is 5.10. The molecule has 0 aliphatic rings. The van der Waals surface area contributed by atoms with Gasteiger partial charge in [-0.3, -0.25) is 4.72 Å². The van der Waals surface area contributed by atoms with Gasteiger partial charge in [0, 0.05) is 11.9 Å². The Morgan fingerprint density at radius 2 is 1.78 bits per heavy atom. The second-order valence-electron chi connectivity index (χ2n) is 3.63. The van der Waals surface area contributed by atoms with E-state index in [1.54, 1.807) is 19.1 Å². The van der Waals surface area contributed by atoms with Crippen LogP contribution in [-0.4, -0.2) is 34.3 Å². The van der Waals surface area contributed by atoms with Crippen LogP contribution in [-0.2, 0) is 10.0 Å². The summed E-state index contributed by atoms with van der Waals surface area (Å²) in [5.41, 5.74) is 1.20. The predicted molar refractivity (Wildman–Crippen MR) is 72.4 cm³/mol. The molecule has 0 bridgehead atoms. The van der Waals surface area contributed by atoms with Crippen LogP contribution in [0.3, 0.4) is 0 Å². The van der Waals surface area contributed by atoms with E-state index in [1.807, 2.05) is 0 Å². The van der Waals surface area contributed by atoms with Gasteiger partial charge in [0.1, 0.15) is 0 Å². The molecule has 0 radical (unpaired) electrons. The zero-order valence-electron chi connectivity index (χ0n) is 10.5. The lowest BCUT2D eigenvalue weighted by molar-refractivity contribution is 0.355. The van der Waals surface area contributed by atoms with Gasteiger partial charge >= 0.3 is 0 Å². The molecule has 0 fully saturated rings. The van der Waals surface area contributed by atoms with E-state index in [9.17, 15) is 8.42 Å². The standard InChI is InChI=1S/C11H16ClNO4S/c1-8-6-10(16-2)11(17-3)7-9(8)13-18(14,15)5-4-12/h6-7,13H,4-5H2,1-3H3. The number of ether oxygens (including phenoxy) is 2. The summed E-state index contributed by atoms with van der Waals surface area (Å²) in [6.45, 7) is 1.78. The molecule has 0 saturated heterocycles. The van der Waals surface area contributed by atoms with Gasteiger partial charge in [0.15, 0.2) is 11.5 Å². The summed E-state index contributed by atoms with van der Waals surface area (Å²) >= 11 is 5.43. The fourth-order valence-corrected chi connectivity index (χ4v) is 2.88. The highest BCUT2D eigenvalue weighted by Gasteiger charge is 2.14. The monoisotopic (exact) mass is 293 g/mol. The van der Waals surface area contributed by atoms with E-state index in [-0.39, 0.29) is 11.6 Å². The Hall–Kier alpha value is -1.14. The second kappa shape index (κ2) is 6.15. The third kappa shape index (κ3) is 3.68. The number of nitrogens with one attached hydrogen (secondary N) is 1. The molecular formula is C11H16ClNO4S. The summed E-state index contributed by atoms with van der Waals surface area (Å²) in [5.74, 6) is 0.922. The first-order valence-electron chi connectivity index (χ1n) is 5.22. The SMILES string of the molecule is COc1cc(C)c(NS(=O)(=O)CCCl)cc1OC. The van der Waals surface area contributed by atoms with Crippen LogP contribution in [0.1, 0.15) is 5.56 Å². The number of halogens is 1. The molecule has 0 unspecified atom stereocenters. The molecule has 0 atom stereocenters. The number of methoxy groups -OCH3 is 2. The van der Waals surface area contributed by atoms with Crippen LogP contribution in [0.5, 0.6) is 11.5 Å². The van der Waals surface area contributed by atoms with Crippen molar-refractivity contribution in [2.75, 3.05) is 30.6 Å². The van der Waals surface area contributed by atoms with Crippen molar-refractivity contribution in [3.8, 4) is 11.5 Å². The molecule has 0 saturated carbocycles. The zero-order valence-corrected chi connectivity index (χ0v) is 12.1. The van der Waals surface area contributed by atoms with E-state index in [4.69, 9.17) is 21.1 Å². The van der Waals surface area contributed by atoms with Crippen LogP contribution in [0.4, 0.5) is 5.69 Å². The number of hydrogen-bond donors (Lipinski definition) is 1. The van der Waals surface area contributed by atoms with Gasteiger partial charge in [-0.05, 0) is 18.6 Å². The maximum Gasteiger partial charge on any atom is 0.233 e. The highest BCUT2D eigenvalue weighted by Crippen LogP contribution is 2.33. The van der Waals surface area contributed by atoms with E-state index >= 15 is 0 Å². The average Bonchev–Trinajstić information content (AvgIpc) is 2.30. The van der Waals surface area contributed by atoms with Crippen molar-refractivity contribution in [2.24, 2.45) is 0 Å². The zero-order chi connectivity index (χ0) is 13.8. The van der Waals surface area contributed by atoms with Crippen molar-refractivity contribution in [1.82, 2.24) is 0 Å². The van der Waals surface area contributed by atoms with Crippen molar-refractivity contribution in [1.29, 1.82) is 0 Å². The van der Waals surface area contributed by atoms with Gasteiger partial charge in [0.25, 0.3) is 0 Å². The lowest BCUT2D eigenvalue weighted by atomic mass is 10.2. The van der Waals surface area contributed by atoms with Gasteiger partial charge < -0.3 is 9.47 Å². The summed E-state index contributed by atoms with van der Waals surface area (Å²) in [6.07, 6.45) is 0. The van der Waals surface area contributed by atoms with Crippen molar-refractivity contribution < 1.29 is 17.9 Å². The van der Waals surface area contributed by atoms with Crippen LogP contribution < -0.4 is 14.2 Å². The van der Waals surface area contributed by atoms with E-state index in [0.29, 0.717) is 17.2 Å². The molecule has 0 aliphatic carbocycles. The Bertz CT molecular complexity index is 516. The molecule has 0 heterocycles. The summed E-state index contributed by atoms with van der Waals surface area (Å²) in [4.78, 5) is 0. The number of alkyl halides is 1. The molecule has 0 spiro atoms. The number of hydrogen-bond acceptors (Lipinski definition) is 4. The molecule has 1 aromatic rings. The molecule has 0 amide bonds. The first-order chi connectivity index (χ1) is 8.43. The maximum absolute atomic E-state index is 11.6. The Balaban J connectivity index is 3.11. The van der Waals surface area contributed by atoms with Gasteiger partial charge in [0.2, 0.25) is 10.0 Å². The minimum Gasteiger partial charge on any atom is -0.493 e. The van der Waals surface area contributed by atoms with Gasteiger partial charge in [-0.25, -0.2) is 8.42 Å². The fourth-order valence-electron chi connectivity index (χ4n) is 1.41. The third-order valence-corrected chi connectivity index (χ3v) is 4.03. The van der Waals surface area contributed by atoms with Crippen molar-refractivity contribution in [3.05, 3.63) is 17.7 Å². The summed E-state index contributed by atoms with van der Waals surface area (Å²) in [6, 6.07) is 3.29. The largest absolute Gasteiger partial charge is 0.493 e. The molecule has 0 aliphatic heterocycles. The Labute approximate surface area is 112 Å². The first-order valence-corrected chi connectivity index (χ1v) is 7.41. The number of aryl methyl sites for hydroxylation is 1. The van der Waals surface area contributed by atoms with E-state index in [1.165, 1.54) is 14.2 Å². The first kappa shape index (κ1) is 14.9. The normalized spacial score (nSPS) is 11.1. The molecule has 18 heavy (non-hydrogen) atoms. The molecule has 7 heteroatoms. The molecule has 1 N–H and O–H groups in total. The van der Waals surface area contributed by atoms with Crippen LogP contribution >= 0.6 is 11.6 Å². The lowest BCUT2D eigenvalue weighted by Gasteiger charge is -2.14. The Morgan fingerprint density at radius 3 is 2.28 bits per heavy atom. The smallest absolute Gasteiger partial charge is 0.233 e. The quantitative estimate of drug-likeness (QED) is 0.815. The number of rotatable bonds is 6. The molecule has 1 rings (SSSR count). The van der Waals surface area contributed by atoms with Gasteiger partial charge in [0.05, 0.1) is 25.7 Å². The molecule has 102 valence electrons. The molecule has 0 aromatic heterocycles. The topological polar surface area (TPSA) is 64.6 Å². The lowest BCUT2D eigenvalue weighted by Crippen LogP contribution is -2.18. The summed E-state index contributed by atoms with van der Waals surface area (Å²) in [5, 5.41) is 0. The number of sulfonamides is 1. The van der Waals surface area contributed by atoms with E-state index in [2.05, 4.69) is 4.72 Å². The highest BCUT2D eigenvalue weighted by atomic mass is 35.5. The van der Waals surface area contributed by atoms with Crippen LogP contribution in [0.25, 0.3) is 0 Å². The minimum absolute atomic E-state index is 0.0433. The van der Waals surface area contributed by atoms with E-state index < -0.39 is 10.0 Å². The molecule has 5 nitrogen and oxygen atoms in total. The summed E-state index contributed by atoms with van der Waals surface area (Å²) < 4.78 is 36.0. The van der Waals surface area contributed by atoms with Crippen LogP contribution in [0, 0.1) is 6.92 Å². The highest BCUT2D eigenvalue weighted by molar-refractivity contribution is 7.92. The van der Waals surface area contributed by atoms with Gasteiger partial charge in [-0.1, -0.05) is 0 Å². The van der Waals surface area contributed by atoms with Gasteiger partial charge in [-0.2, -0.15) is 0 Å². The van der Waals surface area contributed by atoms with Crippen LogP contribution in [0.2, 0.25) is 0 Å². The molecular weight excluding hydrogens is 278 g/mol. The van der Waals surface area contributed by atoms with Crippen molar-refractivity contribution in [2.45, 2.75) is 6.92 Å². The van der Waals surface area contributed by atoms with Gasteiger partial charge in [-0.15, -0.1) is 11.6 Å². The predicted octanol–water partition coefficient (Wildman–Crippen LogP) is 1.99. The number of benzene rings is 1. The van der Waals surface area contributed by atoms with Crippen LogP contribution in [0.15, 0.2) is 12.1 Å². The summed E-state index contributed by atoms with van der Waals surface area (Å²) in [7, 11) is -0.417. The maximum atomic E-state index is 11.6. The van der Waals surface area contributed by atoms with Crippen molar-refractivity contribution >= 4 is 27.3 Å². The third-order valence-electron chi connectivity index (χ3n) is 2.34. The minimum atomic E-state index is -3.43. The number of anilines is 1. The second-order valence-corrected chi connectivity index (χ2v) is 5.85. The average molecular weight is 294 g/mol. The molecule has 1 aromatic carbocycles. The fraction of sp³-hybridized carbons (Fsp3) is 0.455. The van der Waals surface area contributed by atoms with Crippen molar-refractivity contribution in [3.63, 3.8) is 0 Å². The van der Waals surface area contributed by atoms with E-state index in [0.717, 1.165) is 5.56 Å².